The topological polar surface area (TPSA) is 16.1 Å². The van der Waals surface area contributed by atoms with Crippen LogP contribution in [-0.2, 0) is 0 Å². The Morgan fingerprint density at radius 3 is 2.70 bits per heavy atom. The average molecular weight is 292 g/mol. The molecule has 1 fully saturated rings. The molecule has 0 spiro atoms. The Labute approximate surface area is 128 Å². The zero-order valence-electron chi connectivity index (χ0n) is 13.4. The standard InChI is InChI=1S/C17H28N2S/c1-5-11-19-12-7-6-8-15(19)14-9-10-16(18-13-14)20-17(2,3)4/h9-10,13,15H,5-8,11-12H2,1-4H3/t15-/m1/s1. The minimum atomic E-state index is 0.230. The van der Waals surface area contributed by atoms with Crippen molar-refractivity contribution in [3.8, 4) is 0 Å². The number of pyridine rings is 1. The van der Waals surface area contributed by atoms with E-state index in [0.29, 0.717) is 6.04 Å². The van der Waals surface area contributed by atoms with E-state index >= 15 is 0 Å². The minimum Gasteiger partial charge on any atom is -0.296 e. The Bertz CT molecular complexity index is 406. The fourth-order valence-corrected chi connectivity index (χ4v) is 3.76. The van der Waals surface area contributed by atoms with Crippen LogP contribution >= 0.6 is 11.8 Å². The third-order valence-electron chi connectivity index (χ3n) is 3.68. The molecule has 0 aliphatic carbocycles. The van der Waals surface area contributed by atoms with Crippen molar-refractivity contribution in [3.05, 3.63) is 23.9 Å². The van der Waals surface area contributed by atoms with E-state index in [1.165, 1.54) is 44.3 Å². The zero-order chi connectivity index (χ0) is 14.6. The van der Waals surface area contributed by atoms with Gasteiger partial charge in [-0.05, 0) is 44.0 Å². The van der Waals surface area contributed by atoms with Crippen molar-refractivity contribution in [2.45, 2.75) is 69.2 Å². The summed E-state index contributed by atoms with van der Waals surface area (Å²) in [5, 5.41) is 1.14. The lowest BCUT2D eigenvalue weighted by Crippen LogP contribution is -2.34. The summed E-state index contributed by atoms with van der Waals surface area (Å²) in [5.74, 6) is 0. The number of likely N-dealkylation sites (tertiary alicyclic amines) is 1. The Hall–Kier alpha value is -0.540. The predicted octanol–water partition coefficient (Wildman–Crippen LogP) is 4.91. The molecule has 2 rings (SSSR count). The predicted molar refractivity (Wildman–Crippen MR) is 88.3 cm³/mol. The highest BCUT2D eigenvalue weighted by atomic mass is 32.2. The van der Waals surface area contributed by atoms with Crippen molar-refractivity contribution in [2.75, 3.05) is 13.1 Å². The third kappa shape index (κ3) is 4.49. The van der Waals surface area contributed by atoms with E-state index in [9.17, 15) is 0 Å². The van der Waals surface area contributed by atoms with Crippen molar-refractivity contribution in [1.29, 1.82) is 0 Å². The number of piperidine rings is 1. The summed E-state index contributed by atoms with van der Waals surface area (Å²) in [7, 11) is 0. The van der Waals surface area contributed by atoms with E-state index in [-0.39, 0.29) is 4.75 Å². The van der Waals surface area contributed by atoms with Gasteiger partial charge < -0.3 is 0 Å². The van der Waals surface area contributed by atoms with Gasteiger partial charge in [0, 0.05) is 17.0 Å². The minimum absolute atomic E-state index is 0.230. The molecule has 2 heterocycles. The molecule has 0 radical (unpaired) electrons. The Kier molecular flexibility index (Phi) is 5.50. The maximum Gasteiger partial charge on any atom is 0.0965 e. The Morgan fingerprint density at radius 1 is 1.30 bits per heavy atom. The van der Waals surface area contributed by atoms with Gasteiger partial charge in [0.1, 0.15) is 0 Å². The summed E-state index contributed by atoms with van der Waals surface area (Å²) in [6, 6.07) is 5.08. The molecule has 1 aromatic heterocycles. The molecule has 20 heavy (non-hydrogen) atoms. The summed E-state index contributed by atoms with van der Waals surface area (Å²) in [4.78, 5) is 7.31. The molecule has 1 atom stereocenters. The van der Waals surface area contributed by atoms with Gasteiger partial charge >= 0.3 is 0 Å². The van der Waals surface area contributed by atoms with E-state index < -0.39 is 0 Å². The average Bonchev–Trinajstić information content (AvgIpc) is 2.39. The van der Waals surface area contributed by atoms with Gasteiger partial charge in [0.2, 0.25) is 0 Å². The third-order valence-corrected chi connectivity index (χ3v) is 4.74. The molecule has 3 heteroatoms. The number of hydrogen-bond acceptors (Lipinski definition) is 3. The van der Waals surface area contributed by atoms with Crippen LogP contribution in [0.25, 0.3) is 0 Å². The van der Waals surface area contributed by atoms with E-state index in [1.807, 2.05) is 11.8 Å². The molecule has 1 aliphatic rings. The lowest BCUT2D eigenvalue weighted by molar-refractivity contribution is 0.148. The first kappa shape index (κ1) is 15.8. The van der Waals surface area contributed by atoms with E-state index in [0.717, 1.165) is 5.03 Å². The molecule has 112 valence electrons. The van der Waals surface area contributed by atoms with Gasteiger partial charge in [0.05, 0.1) is 5.03 Å². The SMILES string of the molecule is CCCN1CCCC[C@@H]1c1ccc(SC(C)(C)C)nc1. The molecular weight excluding hydrogens is 264 g/mol. The Morgan fingerprint density at radius 2 is 2.10 bits per heavy atom. The summed E-state index contributed by atoms with van der Waals surface area (Å²) >= 11 is 1.84. The van der Waals surface area contributed by atoms with E-state index in [1.54, 1.807) is 0 Å². The largest absolute Gasteiger partial charge is 0.296 e. The highest BCUT2D eigenvalue weighted by Gasteiger charge is 2.23. The van der Waals surface area contributed by atoms with Crippen molar-refractivity contribution in [3.63, 3.8) is 0 Å². The van der Waals surface area contributed by atoms with Crippen LogP contribution < -0.4 is 0 Å². The zero-order valence-corrected chi connectivity index (χ0v) is 14.2. The van der Waals surface area contributed by atoms with Crippen LogP contribution in [0.1, 0.15) is 65.0 Å². The van der Waals surface area contributed by atoms with Gasteiger partial charge in [-0.1, -0.05) is 40.2 Å². The fraction of sp³-hybridized carbons (Fsp3) is 0.706. The Balaban J connectivity index is 2.07. The summed E-state index contributed by atoms with van der Waals surface area (Å²) in [5.41, 5.74) is 1.40. The lowest BCUT2D eigenvalue weighted by atomic mass is 9.96. The fourth-order valence-electron chi connectivity index (χ4n) is 2.89. The molecule has 0 unspecified atom stereocenters. The monoisotopic (exact) mass is 292 g/mol. The van der Waals surface area contributed by atoms with Crippen LogP contribution in [0.2, 0.25) is 0 Å². The molecule has 0 N–H and O–H groups in total. The van der Waals surface area contributed by atoms with Gasteiger partial charge in [-0.2, -0.15) is 0 Å². The highest BCUT2D eigenvalue weighted by Crippen LogP contribution is 2.33. The van der Waals surface area contributed by atoms with Gasteiger partial charge in [0.15, 0.2) is 0 Å². The molecule has 2 nitrogen and oxygen atoms in total. The molecule has 1 aromatic rings. The summed E-state index contributed by atoms with van der Waals surface area (Å²) < 4.78 is 0.230. The second-order valence-electron chi connectivity index (χ2n) is 6.69. The first-order chi connectivity index (χ1) is 9.49. The molecule has 0 amide bonds. The highest BCUT2D eigenvalue weighted by molar-refractivity contribution is 8.00. The number of aromatic nitrogens is 1. The van der Waals surface area contributed by atoms with Gasteiger partial charge in [-0.15, -0.1) is 11.8 Å². The first-order valence-electron chi connectivity index (χ1n) is 7.88. The second-order valence-corrected chi connectivity index (χ2v) is 8.54. The van der Waals surface area contributed by atoms with Gasteiger partial charge in [-0.3, -0.25) is 4.90 Å². The lowest BCUT2D eigenvalue weighted by Gasteiger charge is -2.35. The van der Waals surface area contributed by atoms with Crippen LogP contribution in [0.3, 0.4) is 0 Å². The summed E-state index contributed by atoms with van der Waals surface area (Å²) in [6.45, 7) is 11.4. The van der Waals surface area contributed by atoms with Crippen LogP contribution in [0.5, 0.6) is 0 Å². The van der Waals surface area contributed by atoms with Crippen LogP contribution in [0, 0.1) is 0 Å². The van der Waals surface area contributed by atoms with Gasteiger partial charge in [0.25, 0.3) is 0 Å². The second kappa shape index (κ2) is 6.95. The van der Waals surface area contributed by atoms with E-state index in [4.69, 9.17) is 0 Å². The van der Waals surface area contributed by atoms with Crippen molar-refractivity contribution in [2.24, 2.45) is 0 Å². The molecule has 1 aliphatic heterocycles. The van der Waals surface area contributed by atoms with Crippen molar-refractivity contribution in [1.82, 2.24) is 9.88 Å². The van der Waals surface area contributed by atoms with Crippen molar-refractivity contribution < 1.29 is 0 Å². The van der Waals surface area contributed by atoms with E-state index in [2.05, 4.69) is 55.9 Å². The number of hydrogen-bond donors (Lipinski definition) is 0. The molecular formula is C17H28N2S. The first-order valence-corrected chi connectivity index (χ1v) is 8.70. The normalized spacial score (nSPS) is 21.1. The molecule has 0 saturated carbocycles. The number of thioether (sulfide) groups is 1. The molecule has 1 saturated heterocycles. The van der Waals surface area contributed by atoms with Crippen molar-refractivity contribution >= 4 is 11.8 Å². The molecule has 0 aromatic carbocycles. The number of nitrogens with zero attached hydrogens (tertiary/aromatic N) is 2. The van der Waals surface area contributed by atoms with Crippen LogP contribution in [0.4, 0.5) is 0 Å². The van der Waals surface area contributed by atoms with Gasteiger partial charge in [-0.25, -0.2) is 4.98 Å². The molecule has 0 bridgehead atoms. The van der Waals surface area contributed by atoms with Crippen LogP contribution in [0.15, 0.2) is 23.4 Å². The smallest absolute Gasteiger partial charge is 0.0965 e. The quantitative estimate of drug-likeness (QED) is 0.734. The summed E-state index contributed by atoms with van der Waals surface area (Å²) in [6.07, 6.45) is 7.33. The maximum atomic E-state index is 4.67. The maximum absolute atomic E-state index is 4.67. The van der Waals surface area contributed by atoms with Crippen LogP contribution in [-0.4, -0.2) is 27.7 Å². The number of rotatable bonds is 4.